The molecule has 1 aliphatic rings. The zero-order valence-electron chi connectivity index (χ0n) is 10.2. The molecule has 0 saturated carbocycles. The molecule has 2 rings (SSSR count). The standard InChI is InChI=1S/C9H14N3O5PS2/c10-7-1-2-12(9(14)11-7)8-3-5(13)6(17-8)4-16-18(15,19)20/h1-2,5-6,8,13H,3-4H2,(H2,10,11,14)(H2,15,19,20)/t5-,6+,8+/m0/s1. The van der Waals surface area contributed by atoms with Gasteiger partial charge in [0.1, 0.15) is 18.1 Å². The van der Waals surface area contributed by atoms with Crippen LogP contribution in [-0.2, 0) is 21.1 Å². The van der Waals surface area contributed by atoms with Crippen LogP contribution in [0.15, 0.2) is 17.1 Å². The van der Waals surface area contributed by atoms with Crippen molar-refractivity contribution in [3.8, 4) is 0 Å². The Bertz CT molecular complexity index is 591. The molecular weight excluding hydrogens is 325 g/mol. The Labute approximate surface area is 124 Å². The van der Waals surface area contributed by atoms with Gasteiger partial charge in [0, 0.05) is 12.6 Å². The van der Waals surface area contributed by atoms with Crippen molar-refractivity contribution < 1.29 is 19.3 Å². The third kappa shape index (κ3) is 4.01. The van der Waals surface area contributed by atoms with E-state index < -0.39 is 29.8 Å². The number of nitrogens with two attached hydrogens (primary N) is 1. The molecule has 1 saturated heterocycles. The van der Waals surface area contributed by atoms with E-state index in [9.17, 15) is 14.8 Å². The van der Waals surface area contributed by atoms with E-state index in [0.29, 0.717) is 0 Å². The first-order valence-electron chi connectivity index (χ1n) is 5.64. The number of hydrogen-bond acceptors (Lipinski definition) is 7. The van der Waals surface area contributed by atoms with Gasteiger partial charge in [-0.15, -0.1) is 0 Å². The van der Waals surface area contributed by atoms with E-state index in [1.54, 1.807) is 0 Å². The zero-order valence-corrected chi connectivity index (χ0v) is 12.8. The number of aliphatic hydroxyl groups is 1. The lowest BCUT2D eigenvalue weighted by Gasteiger charge is -2.17. The topological polar surface area (TPSA) is 120 Å². The highest BCUT2D eigenvalue weighted by Gasteiger charge is 2.36. The van der Waals surface area contributed by atoms with Gasteiger partial charge in [-0.1, -0.05) is 12.2 Å². The van der Waals surface area contributed by atoms with Gasteiger partial charge in [0.15, 0.2) is 0 Å². The van der Waals surface area contributed by atoms with Crippen LogP contribution in [0.4, 0.5) is 5.82 Å². The predicted molar refractivity (Wildman–Crippen MR) is 78.9 cm³/mol. The molecule has 11 heteroatoms. The van der Waals surface area contributed by atoms with Crippen LogP contribution in [0.3, 0.4) is 0 Å². The van der Waals surface area contributed by atoms with Crippen LogP contribution in [0.2, 0.25) is 0 Å². The highest BCUT2D eigenvalue weighted by Crippen LogP contribution is 2.47. The van der Waals surface area contributed by atoms with Gasteiger partial charge in [-0.05, 0) is 17.9 Å². The first-order chi connectivity index (χ1) is 9.26. The van der Waals surface area contributed by atoms with E-state index in [2.05, 4.69) is 29.0 Å². The molecule has 0 aliphatic carbocycles. The average Bonchev–Trinajstić information content (AvgIpc) is 2.67. The van der Waals surface area contributed by atoms with Crippen molar-refractivity contribution in [2.45, 2.75) is 24.9 Å². The minimum absolute atomic E-state index is 0.105. The summed E-state index contributed by atoms with van der Waals surface area (Å²) in [7, 11) is 0. The van der Waals surface area contributed by atoms with Gasteiger partial charge < -0.3 is 25.0 Å². The van der Waals surface area contributed by atoms with Gasteiger partial charge in [0.25, 0.3) is 0 Å². The number of nitrogen functional groups attached to an aromatic ring is 1. The van der Waals surface area contributed by atoms with E-state index >= 15 is 0 Å². The first-order valence-corrected chi connectivity index (χ1v) is 9.47. The molecule has 0 amide bonds. The van der Waals surface area contributed by atoms with E-state index in [1.807, 2.05) is 0 Å². The molecule has 0 spiro atoms. The summed E-state index contributed by atoms with van der Waals surface area (Å²) in [5.74, 6) is 0.112. The quantitative estimate of drug-likeness (QED) is 0.434. The van der Waals surface area contributed by atoms with Crippen molar-refractivity contribution in [2.75, 3.05) is 12.3 Å². The summed E-state index contributed by atoms with van der Waals surface area (Å²) in [5.41, 5.74) is 1.72. The fourth-order valence-electron chi connectivity index (χ4n) is 1.85. The lowest BCUT2D eigenvalue weighted by molar-refractivity contribution is -0.0401. The second-order valence-corrected chi connectivity index (χ2v) is 9.42. The molecule has 0 radical (unpaired) electrons. The third-order valence-electron chi connectivity index (χ3n) is 2.77. The number of rotatable bonds is 4. The molecule has 1 aromatic heterocycles. The highest BCUT2D eigenvalue weighted by atomic mass is 32.9. The molecule has 1 aliphatic heterocycles. The van der Waals surface area contributed by atoms with Crippen molar-refractivity contribution in [1.82, 2.24) is 9.55 Å². The van der Waals surface area contributed by atoms with Crippen LogP contribution < -0.4 is 11.4 Å². The Morgan fingerprint density at radius 1 is 1.75 bits per heavy atom. The monoisotopic (exact) mass is 339 g/mol. The van der Waals surface area contributed by atoms with Crippen LogP contribution in [-0.4, -0.2) is 38.4 Å². The number of ether oxygens (including phenoxy) is 1. The minimum Gasteiger partial charge on any atom is -0.390 e. The summed E-state index contributed by atoms with van der Waals surface area (Å²) in [5, 5.41) is 9.87. The van der Waals surface area contributed by atoms with Gasteiger partial charge in [0.2, 0.25) is 5.69 Å². The van der Waals surface area contributed by atoms with Gasteiger partial charge in [-0.3, -0.25) is 4.57 Å². The Morgan fingerprint density at radius 3 is 3.05 bits per heavy atom. The molecule has 0 aromatic carbocycles. The molecule has 2 heterocycles. The summed E-state index contributed by atoms with van der Waals surface area (Å²) < 4.78 is 11.7. The molecule has 1 fully saturated rings. The number of aliphatic hydroxyl groups excluding tert-OH is 1. The van der Waals surface area contributed by atoms with Crippen LogP contribution in [0.5, 0.6) is 0 Å². The molecule has 1 aromatic rings. The first kappa shape index (κ1) is 15.9. The van der Waals surface area contributed by atoms with E-state index in [-0.39, 0.29) is 18.8 Å². The summed E-state index contributed by atoms with van der Waals surface area (Å²) in [6.07, 6.45) is -0.582. The molecular formula is C9H14N3O5PS2. The second-order valence-electron chi connectivity index (χ2n) is 4.26. The third-order valence-corrected chi connectivity index (χ3v) is 3.92. The molecule has 1 unspecified atom stereocenters. The maximum atomic E-state index is 11.7. The zero-order chi connectivity index (χ0) is 14.9. The average molecular weight is 339 g/mol. The second kappa shape index (κ2) is 6.10. The summed E-state index contributed by atoms with van der Waals surface area (Å²) in [6.45, 7) is -0.105. The van der Waals surface area contributed by atoms with Crippen LogP contribution >= 0.6 is 17.9 Å². The van der Waals surface area contributed by atoms with Crippen LogP contribution in [0, 0.1) is 0 Å². The van der Waals surface area contributed by atoms with Gasteiger partial charge >= 0.3 is 5.69 Å². The van der Waals surface area contributed by atoms with Crippen LogP contribution in [0.25, 0.3) is 0 Å². The fourth-order valence-corrected chi connectivity index (χ4v) is 2.58. The number of thiol groups is 1. The largest absolute Gasteiger partial charge is 0.390 e. The molecule has 8 nitrogen and oxygen atoms in total. The Hall–Kier alpha value is -0.480. The molecule has 4 N–H and O–H groups in total. The minimum atomic E-state index is -3.11. The van der Waals surface area contributed by atoms with Crippen LogP contribution in [0.1, 0.15) is 12.6 Å². The number of anilines is 1. The van der Waals surface area contributed by atoms with Gasteiger partial charge in [-0.25, -0.2) is 4.79 Å². The molecule has 0 bridgehead atoms. The maximum absolute atomic E-state index is 11.7. The number of hydrogen-bond donors (Lipinski definition) is 4. The fraction of sp³-hybridized carbons (Fsp3) is 0.556. The van der Waals surface area contributed by atoms with Gasteiger partial charge in [-0.2, -0.15) is 4.98 Å². The number of nitrogens with zero attached hydrogens (tertiary/aromatic N) is 2. The maximum Gasteiger partial charge on any atom is 0.351 e. The van der Waals surface area contributed by atoms with Gasteiger partial charge in [0.05, 0.1) is 12.7 Å². The van der Waals surface area contributed by atoms with E-state index in [1.165, 1.54) is 16.8 Å². The SMILES string of the molecule is Nc1ccn([C@H]2C[C@H](O)[C@@H](COP(O)(=S)S)O2)c(=O)n1. The molecule has 112 valence electrons. The molecule has 4 atom stereocenters. The highest BCUT2D eigenvalue weighted by molar-refractivity contribution is 8.59. The van der Waals surface area contributed by atoms with E-state index in [0.717, 1.165) is 0 Å². The summed E-state index contributed by atoms with van der Waals surface area (Å²) in [4.78, 5) is 24.5. The normalized spacial score (nSPS) is 29.2. The van der Waals surface area contributed by atoms with Crippen molar-refractivity contribution >= 4 is 35.6 Å². The van der Waals surface area contributed by atoms with Crippen molar-refractivity contribution in [3.05, 3.63) is 22.7 Å². The van der Waals surface area contributed by atoms with Crippen molar-refractivity contribution in [3.63, 3.8) is 0 Å². The summed E-state index contributed by atoms with van der Waals surface area (Å²) >= 11 is 8.33. The Morgan fingerprint density at radius 2 is 2.45 bits per heavy atom. The lowest BCUT2D eigenvalue weighted by atomic mass is 10.2. The Balaban J connectivity index is 2.06. The smallest absolute Gasteiger partial charge is 0.351 e. The van der Waals surface area contributed by atoms with Crippen molar-refractivity contribution in [2.24, 2.45) is 0 Å². The lowest BCUT2D eigenvalue weighted by Crippen LogP contribution is -2.28. The van der Waals surface area contributed by atoms with E-state index in [4.69, 9.17) is 15.0 Å². The Kier molecular flexibility index (Phi) is 4.85. The predicted octanol–water partition coefficient (Wildman–Crippen LogP) is -0.363. The molecule has 20 heavy (non-hydrogen) atoms. The number of aromatic nitrogens is 2. The van der Waals surface area contributed by atoms with Crippen molar-refractivity contribution in [1.29, 1.82) is 0 Å². The summed E-state index contributed by atoms with van der Waals surface area (Å²) in [6, 6.07) is 1.46.